The number of phenolic OH excluding ortho intramolecular Hbond substituents is 1. The Bertz CT molecular complexity index is 496. The lowest BCUT2D eigenvalue weighted by Gasteiger charge is -2.31. The van der Waals surface area contributed by atoms with E-state index < -0.39 is 0 Å². The van der Waals surface area contributed by atoms with Crippen LogP contribution in [0.2, 0.25) is 0 Å². The van der Waals surface area contributed by atoms with Gasteiger partial charge in [-0.05, 0) is 50.0 Å². The van der Waals surface area contributed by atoms with Crippen molar-refractivity contribution in [3.05, 3.63) is 23.8 Å². The van der Waals surface area contributed by atoms with Crippen LogP contribution in [0.1, 0.15) is 37.0 Å². The van der Waals surface area contributed by atoms with Crippen LogP contribution in [0.4, 0.5) is 5.69 Å². The molecule has 5 nitrogen and oxygen atoms in total. The van der Waals surface area contributed by atoms with Crippen LogP contribution in [0.3, 0.4) is 0 Å². The summed E-state index contributed by atoms with van der Waals surface area (Å²) in [5.74, 6) is 0.299. The van der Waals surface area contributed by atoms with Crippen LogP contribution in [-0.4, -0.2) is 41.6 Å². The second-order valence-corrected chi connectivity index (χ2v) is 6.04. The van der Waals surface area contributed by atoms with Gasteiger partial charge in [-0.15, -0.1) is 0 Å². The molecule has 0 aliphatic carbocycles. The maximum atomic E-state index is 12.2. The summed E-state index contributed by atoms with van der Waals surface area (Å²) in [5.41, 5.74) is 6.51. The number of nitrogens with two attached hydrogens (primary N) is 1. The van der Waals surface area contributed by atoms with E-state index in [0.29, 0.717) is 29.8 Å². The number of nitrogen functional groups attached to an aromatic ring is 1. The van der Waals surface area contributed by atoms with Gasteiger partial charge >= 0.3 is 0 Å². The van der Waals surface area contributed by atoms with Gasteiger partial charge in [-0.25, -0.2) is 0 Å². The van der Waals surface area contributed by atoms with Crippen molar-refractivity contribution in [1.29, 1.82) is 0 Å². The summed E-state index contributed by atoms with van der Waals surface area (Å²) in [4.78, 5) is 14.7. The molecule has 0 aromatic heterocycles. The van der Waals surface area contributed by atoms with Gasteiger partial charge in [0.15, 0.2) is 0 Å². The highest BCUT2D eigenvalue weighted by Gasteiger charge is 2.25. The topological polar surface area (TPSA) is 78.6 Å². The highest BCUT2D eigenvalue weighted by atomic mass is 16.3. The normalized spacial score (nSPS) is 17.1. The Kier molecular flexibility index (Phi) is 5.07. The number of aromatic hydroxyl groups is 1. The summed E-state index contributed by atoms with van der Waals surface area (Å²) in [6.07, 6.45) is 2.47. The maximum Gasteiger partial charge on any atom is 0.253 e. The summed E-state index contributed by atoms with van der Waals surface area (Å²) < 4.78 is 0. The number of hydrogen-bond donors (Lipinski definition) is 3. The number of rotatable bonds is 5. The quantitative estimate of drug-likeness (QED) is 0.571. The van der Waals surface area contributed by atoms with Gasteiger partial charge in [-0.2, -0.15) is 0 Å². The summed E-state index contributed by atoms with van der Waals surface area (Å²) in [6.45, 7) is 7.17. The first kappa shape index (κ1) is 15.6. The Morgan fingerprint density at radius 2 is 2.05 bits per heavy atom. The Labute approximate surface area is 126 Å². The van der Waals surface area contributed by atoms with E-state index in [4.69, 9.17) is 5.73 Å². The van der Waals surface area contributed by atoms with E-state index in [2.05, 4.69) is 24.1 Å². The molecule has 21 heavy (non-hydrogen) atoms. The summed E-state index contributed by atoms with van der Waals surface area (Å²) in [5, 5.41) is 12.4. The maximum absolute atomic E-state index is 12.2. The number of nitrogens with zero attached hydrogens (tertiary/aromatic N) is 1. The molecule has 1 aliphatic rings. The molecule has 0 unspecified atom stereocenters. The Morgan fingerprint density at radius 1 is 1.38 bits per heavy atom. The van der Waals surface area contributed by atoms with Crippen molar-refractivity contribution < 1.29 is 9.90 Å². The molecule has 1 amide bonds. The molecular formula is C16H25N3O2. The lowest BCUT2D eigenvalue weighted by atomic mass is 10.0. The summed E-state index contributed by atoms with van der Waals surface area (Å²) in [7, 11) is 0. The lowest BCUT2D eigenvalue weighted by Crippen LogP contribution is -2.45. The van der Waals surface area contributed by atoms with Gasteiger partial charge in [0.25, 0.3) is 5.91 Å². The molecule has 116 valence electrons. The first-order valence-corrected chi connectivity index (χ1v) is 7.59. The van der Waals surface area contributed by atoms with Gasteiger partial charge in [0.2, 0.25) is 0 Å². The van der Waals surface area contributed by atoms with E-state index in [-0.39, 0.29) is 11.7 Å². The van der Waals surface area contributed by atoms with Gasteiger partial charge in [0.05, 0.1) is 5.56 Å². The highest BCUT2D eigenvalue weighted by Crippen LogP contribution is 2.20. The van der Waals surface area contributed by atoms with Crippen LogP contribution in [0.5, 0.6) is 5.75 Å². The minimum absolute atomic E-state index is 0.0503. The van der Waals surface area contributed by atoms with Crippen molar-refractivity contribution in [3.63, 3.8) is 0 Å². The molecule has 1 atom stereocenters. The SMILES string of the molecule is CC(C)[C@H](CNC(=O)c1cc(O)ccc1N)N1CCCC1. The van der Waals surface area contributed by atoms with Crippen LogP contribution < -0.4 is 11.1 Å². The molecule has 1 aromatic rings. The number of phenols is 1. The van der Waals surface area contributed by atoms with E-state index in [1.54, 1.807) is 6.07 Å². The molecule has 1 fully saturated rings. The average Bonchev–Trinajstić information content (AvgIpc) is 2.95. The second kappa shape index (κ2) is 6.80. The first-order chi connectivity index (χ1) is 9.99. The lowest BCUT2D eigenvalue weighted by molar-refractivity contribution is 0.0928. The molecule has 1 aliphatic heterocycles. The Morgan fingerprint density at radius 3 is 2.67 bits per heavy atom. The van der Waals surface area contributed by atoms with Crippen LogP contribution >= 0.6 is 0 Å². The van der Waals surface area contributed by atoms with E-state index >= 15 is 0 Å². The number of anilines is 1. The molecule has 5 heteroatoms. The summed E-state index contributed by atoms with van der Waals surface area (Å²) in [6, 6.07) is 4.78. The standard InChI is InChI=1S/C16H25N3O2/c1-11(2)15(19-7-3-4-8-19)10-18-16(21)13-9-12(20)5-6-14(13)17/h5-6,9,11,15,20H,3-4,7-8,10,17H2,1-2H3,(H,18,21)/t15-/m0/s1. The van der Waals surface area contributed by atoms with E-state index in [1.807, 2.05) is 0 Å². The van der Waals surface area contributed by atoms with E-state index in [1.165, 1.54) is 25.0 Å². The van der Waals surface area contributed by atoms with Crippen molar-refractivity contribution in [2.75, 3.05) is 25.4 Å². The minimum Gasteiger partial charge on any atom is -0.508 e. The molecule has 1 saturated heterocycles. The number of hydrogen-bond acceptors (Lipinski definition) is 4. The molecule has 4 N–H and O–H groups in total. The van der Waals surface area contributed by atoms with Crippen molar-refractivity contribution in [3.8, 4) is 5.75 Å². The van der Waals surface area contributed by atoms with Gasteiger partial charge in [0.1, 0.15) is 5.75 Å². The Hall–Kier alpha value is -1.75. The molecular weight excluding hydrogens is 266 g/mol. The third kappa shape index (κ3) is 3.88. The molecule has 0 saturated carbocycles. The molecule has 0 spiro atoms. The predicted molar refractivity (Wildman–Crippen MR) is 84.3 cm³/mol. The van der Waals surface area contributed by atoms with Crippen LogP contribution in [-0.2, 0) is 0 Å². The van der Waals surface area contributed by atoms with Crippen molar-refractivity contribution in [2.24, 2.45) is 5.92 Å². The number of carbonyl (C=O) groups is 1. The third-order valence-electron chi connectivity index (χ3n) is 4.13. The fourth-order valence-corrected chi connectivity index (χ4v) is 2.89. The molecule has 1 aromatic carbocycles. The van der Waals surface area contributed by atoms with E-state index in [0.717, 1.165) is 13.1 Å². The van der Waals surface area contributed by atoms with Crippen molar-refractivity contribution in [2.45, 2.75) is 32.7 Å². The average molecular weight is 291 g/mol. The van der Waals surface area contributed by atoms with Gasteiger partial charge in [-0.1, -0.05) is 13.8 Å². The molecule has 1 heterocycles. The fourth-order valence-electron chi connectivity index (χ4n) is 2.89. The number of amides is 1. The highest BCUT2D eigenvalue weighted by molar-refractivity contribution is 5.99. The molecule has 0 radical (unpaired) electrons. The smallest absolute Gasteiger partial charge is 0.253 e. The number of benzene rings is 1. The zero-order chi connectivity index (χ0) is 15.4. The van der Waals surface area contributed by atoms with E-state index in [9.17, 15) is 9.90 Å². The van der Waals surface area contributed by atoms with Crippen LogP contribution in [0.15, 0.2) is 18.2 Å². The Balaban J connectivity index is 1.99. The number of carbonyl (C=O) groups excluding carboxylic acids is 1. The molecule has 2 rings (SSSR count). The largest absolute Gasteiger partial charge is 0.508 e. The monoisotopic (exact) mass is 291 g/mol. The van der Waals surface area contributed by atoms with Crippen molar-refractivity contribution >= 4 is 11.6 Å². The minimum atomic E-state index is -0.228. The zero-order valence-corrected chi connectivity index (χ0v) is 12.8. The van der Waals surface area contributed by atoms with Gasteiger partial charge in [0, 0.05) is 18.3 Å². The number of nitrogens with one attached hydrogen (secondary N) is 1. The predicted octanol–water partition coefficient (Wildman–Crippen LogP) is 1.82. The zero-order valence-electron chi connectivity index (χ0n) is 12.8. The second-order valence-electron chi connectivity index (χ2n) is 6.04. The van der Waals surface area contributed by atoms with Gasteiger partial charge in [-0.3, -0.25) is 9.69 Å². The fraction of sp³-hybridized carbons (Fsp3) is 0.562. The van der Waals surface area contributed by atoms with Crippen molar-refractivity contribution in [1.82, 2.24) is 10.2 Å². The molecule has 0 bridgehead atoms. The van der Waals surface area contributed by atoms with Gasteiger partial charge < -0.3 is 16.2 Å². The first-order valence-electron chi connectivity index (χ1n) is 7.59. The van der Waals surface area contributed by atoms with Crippen LogP contribution in [0, 0.1) is 5.92 Å². The third-order valence-corrected chi connectivity index (χ3v) is 4.13. The number of likely N-dealkylation sites (tertiary alicyclic amines) is 1. The summed E-state index contributed by atoms with van der Waals surface area (Å²) >= 11 is 0. The van der Waals surface area contributed by atoms with Crippen LogP contribution in [0.25, 0.3) is 0 Å².